The number of hydrogen-bond acceptors (Lipinski definition) is 2. The number of benzene rings is 2. The Balaban J connectivity index is 2.25. The molecule has 2 aromatic carbocycles. The number of unbranched alkanes of at least 4 members (excludes halogenated alkanes) is 1. The van der Waals surface area contributed by atoms with Gasteiger partial charge in [-0.3, -0.25) is 4.72 Å². The smallest absolute Gasteiger partial charge is 0.264 e. The van der Waals surface area contributed by atoms with Crippen molar-refractivity contribution in [2.24, 2.45) is 0 Å². The van der Waals surface area contributed by atoms with Gasteiger partial charge in [-0.15, -0.1) is 0 Å². The van der Waals surface area contributed by atoms with Gasteiger partial charge in [-0.05, 0) is 42.7 Å². The molecule has 0 bridgehead atoms. The highest BCUT2D eigenvalue weighted by Gasteiger charge is 2.22. The van der Waals surface area contributed by atoms with Crippen LogP contribution in [-0.2, 0) is 16.4 Å². The van der Waals surface area contributed by atoms with Gasteiger partial charge in [-0.2, -0.15) is 0 Å². The molecule has 0 saturated carbocycles. The Morgan fingerprint density at radius 3 is 2.09 bits per heavy atom. The molecule has 7 heteroatoms. The quantitative estimate of drug-likeness (QED) is 0.676. The highest BCUT2D eigenvalue weighted by molar-refractivity contribution is 7.93. The topological polar surface area (TPSA) is 46.2 Å². The number of rotatable bonds is 6. The minimum absolute atomic E-state index is 0.0189. The monoisotopic (exact) mass is 391 g/mol. The molecule has 124 valence electrons. The lowest BCUT2D eigenvalue weighted by Gasteiger charge is -2.12. The number of hydrogen-bond donors (Lipinski definition) is 1. The maximum Gasteiger partial charge on any atom is 0.264 e. The van der Waals surface area contributed by atoms with Crippen molar-refractivity contribution >= 4 is 50.5 Å². The van der Waals surface area contributed by atoms with Gasteiger partial charge in [0.2, 0.25) is 0 Å². The van der Waals surface area contributed by atoms with E-state index in [9.17, 15) is 8.42 Å². The lowest BCUT2D eigenvalue weighted by Crippen LogP contribution is -2.14. The van der Waals surface area contributed by atoms with E-state index >= 15 is 0 Å². The van der Waals surface area contributed by atoms with Crippen LogP contribution >= 0.6 is 34.8 Å². The van der Waals surface area contributed by atoms with Crippen molar-refractivity contribution in [3.63, 3.8) is 0 Å². The molecule has 0 atom stereocenters. The molecule has 0 unspecified atom stereocenters. The summed E-state index contributed by atoms with van der Waals surface area (Å²) in [7, 11) is -3.89. The van der Waals surface area contributed by atoms with Gasteiger partial charge in [-0.25, -0.2) is 8.42 Å². The van der Waals surface area contributed by atoms with Crippen LogP contribution in [-0.4, -0.2) is 8.42 Å². The number of anilines is 1. The van der Waals surface area contributed by atoms with Gasteiger partial charge in [0.1, 0.15) is 4.90 Å². The summed E-state index contributed by atoms with van der Waals surface area (Å²) in [6, 6.07) is 9.94. The summed E-state index contributed by atoms with van der Waals surface area (Å²) in [4.78, 5) is -0.180. The summed E-state index contributed by atoms with van der Waals surface area (Å²) in [6.07, 6.45) is 3.18. The third kappa shape index (κ3) is 4.77. The Morgan fingerprint density at radius 1 is 1.00 bits per heavy atom. The first-order chi connectivity index (χ1) is 10.8. The van der Waals surface area contributed by atoms with Crippen LogP contribution in [0.4, 0.5) is 5.69 Å². The predicted octanol–water partition coefficient (Wildman–Crippen LogP) is 5.79. The lowest BCUT2D eigenvalue weighted by atomic mass is 10.1. The molecule has 3 nitrogen and oxygen atoms in total. The summed E-state index contributed by atoms with van der Waals surface area (Å²) in [5.74, 6) is 0. The lowest BCUT2D eigenvalue weighted by molar-refractivity contribution is 0.601. The van der Waals surface area contributed by atoms with E-state index in [0.717, 1.165) is 24.8 Å². The van der Waals surface area contributed by atoms with Gasteiger partial charge in [-0.1, -0.05) is 60.3 Å². The van der Waals surface area contributed by atoms with Crippen LogP contribution in [0.3, 0.4) is 0 Å². The molecule has 0 amide bonds. The van der Waals surface area contributed by atoms with Crippen LogP contribution in [0.1, 0.15) is 25.3 Å². The zero-order valence-corrected chi connectivity index (χ0v) is 15.5. The molecule has 2 aromatic rings. The molecule has 0 aliphatic rings. The zero-order valence-electron chi connectivity index (χ0n) is 12.4. The normalized spacial score (nSPS) is 11.5. The predicted molar refractivity (Wildman–Crippen MR) is 97.3 cm³/mol. The molecule has 0 heterocycles. The van der Waals surface area contributed by atoms with Crippen LogP contribution in [0.25, 0.3) is 0 Å². The molecule has 1 N–H and O–H groups in total. The average molecular weight is 393 g/mol. The van der Waals surface area contributed by atoms with Crippen molar-refractivity contribution in [3.05, 3.63) is 57.0 Å². The van der Waals surface area contributed by atoms with Crippen molar-refractivity contribution < 1.29 is 8.42 Å². The zero-order chi connectivity index (χ0) is 17.0. The van der Waals surface area contributed by atoms with E-state index in [1.807, 2.05) is 12.1 Å². The van der Waals surface area contributed by atoms with Gasteiger partial charge in [0.05, 0.1) is 10.0 Å². The summed E-state index contributed by atoms with van der Waals surface area (Å²) in [5, 5.41) is 0.239. The average Bonchev–Trinajstić information content (AvgIpc) is 2.44. The Bertz CT molecular complexity index is 766. The largest absolute Gasteiger partial charge is 0.280 e. The molecule has 0 fully saturated rings. The van der Waals surface area contributed by atoms with Crippen LogP contribution in [0.2, 0.25) is 15.1 Å². The molecular formula is C16H16Cl3NO2S. The van der Waals surface area contributed by atoms with Gasteiger partial charge in [0.15, 0.2) is 0 Å². The Kier molecular flexibility index (Phi) is 6.20. The summed E-state index contributed by atoms with van der Waals surface area (Å²) >= 11 is 17.8. The van der Waals surface area contributed by atoms with E-state index < -0.39 is 10.0 Å². The third-order valence-electron chi connectivity index (χ3n) is 3.26. The fourth-order valence-electron chi connectivity index (χ4n) is 2.11. The number of sulfonamides is 1. The SMILES string of the molecule is CCCCc1ccc(NS(=O)(=O)c2c(Cl)cc(Cl)cc2Cl)cc1. The number of halogens is 3. The fourth-order valence-corrected chi connectivity index (χ4v) is 4.72. The second-order valence-electron chi connectivity index (χ2n) is 5.10. The minimum atomic E-state index is -3.89. The van der Waals surface area contributed by atoms with Crippen LogP contribution in [0, 0.1) is 0 Å². The maximum absolute atomic E-state index is 12.5. The van der Waals surface area contributed by atoms with Crippen LogP contribution in [0.15, 0.2) is 41.3 Å². The van der Waals surface area contributed by atoms with Crippen LogP contribution < -0.4 is 4.72 Å². The second kappa shape index (κ2) is 7.75. The van der Waals surface area contributed by atoms with Crippen LogP contribution in [0.5, 0.6) is 0 Å². The Morgan fingerprint density at radius 2 is 1.57 bits per heavy atom. The van der Waals surface area contributed by atoms with E-state index in [2.05, 4.69) is 11.6 Å². The molecule has 0 radical (unpaired) electrons. The van der Waals surface area contributed by atoms with E-state index in [0.29, 0.717) is 5.69 Å². The first-order valence-corrected chi connectivity index (χ1v) is 9.71. The second-order valence-corrected chi connectivity index (χ2v) is 7.97. The molecule has 0 spiro atoms. The third-order valence-corrected chi connectivity index (χ3v) is 5.78. The number of nitrogens with one attached hydrogen (secondary N) is 1. The highest BCUT2D eigenvalue weighted by Crippen LogP contribution is 2.33. The molecule has 0 saturated heterocycles. The van der Waals surface area contributed by atoms with Gasteiger partial charge in [0.25, 0.3) is 10.0 Å². The van der Waals surface area contributed by atoms with E-state index in [1.54, 1.807) is 12.1 Å². The highest BCUT2D eigenvalue weighted by atomic mass is 35.5. The van der Waals surface area contributed by atoms with Gasteiger partial charge < -0.3 is 0 Å². The molecule has 2 rings (SSSR count). The van der Waals surface area contributed by atoms with Crippen molar-refractivity contribution in [2.45, 2.75) is 31.1 Å². The van der Waals surface area contributed by atoms with E-state index in [1.165, 1.54) is 12.1 Å². The Hall–Kier alpha value is -0.940. The van der Waals surface area contributed by atoms with Crippen molar-refractivity contribution in [2.75, 3.05) is 4.72 Å². The maximum atomic E-state index is 12.5. The molecular weight excluding hydrogens is 377 g/mol. The molecule has 0 aromatic heterocycles. The first-order valence-electron chi connectivity index (χ1n) is 7.10. The fraction of sp³-hybridized carbons (Fsp3) is 0.250. The van der Waals surface area contributed by atoms with Crippen molar-refractivity contribution in [1.82, 2.24) is 0 Å². The first kappa shape index (κ1) is 18.4. The molecule has 0 aliphatic carbocycles. The van der Waals surface area contributed by atoms with Crippen molar-refractivity contribution in [3.8, 4) is 0 Å². The Labute approximate surface area is 151 Å². The summed E-state index contributed by atoms with van der Waals surface area (Å²) in [5.41, 5.74) is 1.62. The summed E-state index contributed by atoms with van der Waals surface area (Å²) < 4.78 is 27.5. The van der Waals surface area contributed by atoms with E-state index in [-0.39, 0.29) is 20.0 Å². The minimum Gasteiger partial charge on any atom is -0.280 e. The molecule has 0 aliphatic heterocycles. The standard InChI is InChI=1S/C16H16Cl3NO2S/c1-2-3-4-11-5-7-13(8-6-11)20-23(21,22)16-14(18)9-12(17)10-15(16)19/h5-10,20H,2-4H2,1H3. The number of aryl methyl sites for hydroxylation is 1. The van der Waals surface area contributed by atoms with Gasteiger partial charge in [0, 0.05) is 10.7 Å². The van der Waals surface area contributed by atoms with Crippen molar-refractivity contribution in [1.29, 1.82) is 0 Å². The summed E-state index contributed by atoms with van der Waals surface area (Å²) in [6.45, 7) is 2.13. The van der Waals surface area contributed by atoms with Gasteiger partial charge >= 0.3 is 0 Å². The van der Waals surface area contributed by atoms with E-state index in [4.69, 9.17) is 34.8 Å². The molecule has 23 heavy (non-hydrogen) atoms.